The van der Waals surface area contributed by atoms with E-state index < -0.39 is 0 Å². The van der Waals surface area contributed by atoms with Crippen molar-refractivity contribution in [3.63, 3.8) is 0 Å². The van der Waals surface area contributed by atoms with Gasteiger partial charge in [-0.3, -0.25) is 4.79 Å². The van der Waals surface area contributed by atoms with E-state index in [1.165, 1.54) is 25.7 Å². The van der Waals surface area contributed by atoms with E-state index in [1.54, 1.807) is 0 Å². The third-order valence-electron chi connectivity index (χ3n) is 4.75. The Balaban J connectivity index is 2.17. The average Bonchev–Trinajstić information content (AvgIpc) is 2.78. The first-order valence-corrected chi connectivity index (χ1v) is 8.40. The zero-order valence-corrected chi connectivity index (χ0v) is 14.1. The molecule has 1 aromatic carbocycles. The minimum Gasteiger partial charge on any atom is -0.397 e. The third-order valence-corrected chi connectivity index (χ3v) is 4.75. The van der Waals surface area contributed by atoms with Crippen molar-refractivity contribution in [3.05, 3.63) is 18.2 Å². The predicted molar refractivity (Wildman–Crippen MR) is 94.2 cm³/mol. The van der Waals surface area contributed by atoms with Crippen LogP contribution in [-0.4, -0.2) is 19.0 Å². The highest BCUT2D eigenvalue weighted by molar-refractivity contribution is 5.97. The first-order valence-electron chi connectivity index (χ1n) is 8.40. The summed E-state index contributed by atoms with van der Waals surface area (Å²) < 4.78 is 0. The number of rotatable bonds is 4. The highest BCUT2D eigenvalue weighted by Crippen LogP contribution is 2.29. The van der Waals surface area contributed by atoms with Crippen LogP contribution in [-0.2, 0) is 4.79 Å². The molecule has 0 saturated carbocycles. The number of benzene rings is 1. The average molecular weight is 303 g/mol. The van der Waals surface area contributed by atoms with Crippen molar-refractivity contribution in [2.45, 2.75) is 52.9 Å². The fraction of sp³-hybridized carbons (Fsp3) is 0.611. The Hall–Kier alpha value is -1.71. The molecule has 0 unspecified atom stereocenters. The molecule has 4 nitrogen and oxygen atoms in total. The minimum atomic E-state index is -0.384. The Morgan fingerprint density at radius 1 is 1.23 bits per heavy atom. The first kappa shape index (κ1) is 16.7. The molecular formula is C18H29N3O. The van der Waals surface area contributed by atoms with Crippen LogP contribution >= 0.6 is 0 Å². The Bertz CT molecular complexity index is 517. The molecule has 2 rings (SSSR count). The molecule has 0 spiro atoms. The zero-order valence-electron chi connectivity index (χ0n) is 14.1. The summed E-state index contributed by atoms with van der Waals surface area (Å²) in [7, 11) is 0. The molecule has 0 atom stereocenters. The Kier molecular flexibility index (Phi) is 5.33. The van der Waals surface area contributed by atoms with Crippen LogP contribution in [0.5, 0.6) is 0 Å². The van der Waals surface area contributed by atoms with Crippen LogP contribution < -0.4 is 16.0 Å². The molecule has 4 heteroatoms. The molecule has 3 N–H and O–H groups in total. The number of nitrogens with zero attached hydrogens (tertiary/aromatic N) is 1. The Morgan fingerprint density at radius 3 is 2.45 bits per heavy atom. The quantitative estimate of drug-likeness (QED) is 0.826. The van der Waals surface area contributed by atoms with Gasteiger partial charge >= 0.3 is 0 Å². The van der Waals surface area contributed by atoms with E-state index in [4.69, 9.17) is 5.73 Å². The van der Waals surface area contributed by atoms with Gasteiger partial charge in [0.1, 0.15) is 0 Å². The van der Waals surface area contributed by atoms with Crippen molar-refractivity contribution < 1.29 is 4.79 Å². The van der Waals surface area contributed by atoms with Gasteiger partial charge in [0.15, 0.2) is 0 Å². The van der Waals surface area contributed by atoms with Crippen LogP contribution in [0.2, 0.25) is 0 Å². The van der Waals surface area contributed by atoms with Gasteiger partial charge in [-0.1, -0.05) is 33.6 Å². The maximum absolute atomic E-state index is 12.4. The molecule has 1 amide bonds. The van der Waals surface area contributed by atoms with E-state index in [2.05, 4.69) is 16.3 Å². The third kappa shape index (κ3) is 3.93. The molecule has 0 aromatic heterocycles. The number of nitrogens with two attached hydrogens (primary N) is 1. The van der Waals surface area contributed by atoms with E-state index in [1.807, 2.05) is 32.9 Å². The molecule has 1 aliphatic rings. The van der Waals surface area contributed by atoms with Crippen LogP contribution in [0, 0.1) is 5.41 Å². The van der Waals surface area contributed by atoms with Crippen molar-refractivity contribution in [1.82, 2.24) is 0 Å². The standard InChI is InChI=1S/C18H29N3O/c1-4-18(2,3)17(22)20-16-13-14(9-10-15(16)19)21-11-7-5-6-8-12-21/h9-10,13H,4-8,11-12,19H2,1-3H3,(H,20,22). The monoisotopic (exact) mass is 303 g/mol. The molecule has 1 aromatic rings. The van der Waals surface area contributed by atoms with Crippen molar-refractivity contribution in [2.24, 2.45) is 5.41 Å². The fourth-order valence-electron chi connectivity index (χ4n) is 2.63. The van der Waals surface area contributed by atoms with Gasteiger partial charge in [-0.05, 0) is 37.5 Å². The van der Waals surface area contributed by atoms with E-state index >= 15 is 0 Å². The number of nitrogens with one attached hydrogen (secondary N) is 1. The highest BCUT2D eigenvalue weighted by atomic mass is 16.2. The number of nitrogen functional groups attached to an aromatic ring is 1. The van der Waals surface area contributed by atoms with Gasteiger partial charge in [0.25, 0.3) is 0 Å². The van der Waals surface area contributed by atoms with Crippen LogP contribution in [0.4, 0.5) is 17.1 Å². The van der Waals surface area contributed by atoms with Crippen LogP contribution in [0.3, 0.4) is 0 Å². The summed E-state index contributed by atoms with van der Waals surface area (Å²) in [6, 6.07) is 5.97. The second-order valence-electron chi connectivity index (χ2n) is 6.86. The predicted octanol–water partition coefficient (Wildman–Crippen LogP) is 4.02. The lowest BCUT2D eigenvalue weighted by Gasteiger charge is -2.25. The van der Waals surface area contributed by atoms with Gasteiger partial charge < -0.3 is 16.0 Å². The van der Waals surface area contributed by atoms with E-state index in [0.717, 1.165) is 30.9 Å². The number of carbonyl (C=O) groups excluding carboxylic acids is 1. The van der Waals surface area contributed by atoms with Crippen LogP contribution in [0.25, 0.3) is 0 Å². The Labute approximate surface area is 134 Å². The van der Waals surface area contributed by atoms with Gasteiger partial charge in [0.2, 0.25) is 5.91 Å². The lowest BCUT2D eigenvalue weighted by molar-refractivity contribution is -0.124. The largest absolute Gasteiger partial charge is 0.397 e. The lowest BCUT2D eigenvalue weighted by atomic mass is 9.89. The lowest BCUT2D eigenvalue weighted by Crippen LogP contribution is -2.30. The van der Waals surface area contributed by atoms with Gasteiger partial charge in [-0.15, -0.1) is 0 Å². The van der Waals surface area contributed by atoms with Crippen molar-refractivity contribution in [1.29, 1.82) is 0 Å². The summed E-state index contributed by atoms with van der Waals surface area (Å²) in [6.45, 7) is 8.10. The summed E-state index contributed by atoms with van der Waals surface area (Å²) in [5.41, 5.74) is 8.17. The number of amides is 1. The van der Waals surface area contributed by atoms with E-state index in [9.17, 15) is 4.79 Å². The normalized spacial score (nSPS) is 16.2. The molecule has 1 aliphatic heterocycles. The zero-order chi connectivity index (χ0) is 16.2. The Morgan fingerprint density at radius 2 is 1.86 bits per heavy atom. The number of carbonyl (C=O) groups is 1. The van der Waals surface area contributed by atoms with E-state index in [0.29, 0.717) is 5.69 Å². The summed E-state index contributed by atoms with van der Waals surface area (Å²) in [6.07, 6.45) is 5.87. The summed E-state index contributed by atoms with van der Waals surface area (Å²) in [4.78, 5) is 14.8. The molecule has 1 saturated heterocycles. The van der Waals surface area contributed by atoms with Crippen molar-refractivity contribution in [3.8, 4) is 0 Å². The molecule has 122 valence electrons. The molecular weight excluding hydrogens is 274 g/mol. The molecule has 0 radical (unpaired) electrons. The molecule has 0 aliphatic carbocycles. The number of hydrogen-bond acceptors (Lipinski definition) is 3. The molecule has 1 heterocycles. The molecule has 0 bridgehead atoms. The number of anilines is 3. The topological polar surface area (TPSA) is 58.4 Å². The molecule has 1 fully saturated rings. The first-order chi connectivity index (χ1) is 10.4. The highest BCUT2D eigenvalue weighted by Gasteiger charge is 2.26. The summed E-state index contributed by atoms with van der Waals surface area (Å²) in [5, 5.41) is 3.01. The number of hydrogen-bond donors (Lipinski definition) is 2. The fourth-order valence-corrected chi connectivity index (χ4v) is 2.63. The van der Waals surface area contributed by atoms with E-state index in [-0.39, 0.29) is 11.3 Å². The second-order valence-corrected chi connectivity index (χ2v) is 6.86. The van der Waals surface area contributed by atoms with Crippen LogP contribution in [0.15, 0.2) is 18.2 Å². The van der Waals surface area contributed by atoms with Gasteiger partial charge in [0, 0.05) is 24.2 Å². The minimum absolute atomic E-state index is 0.0229. The maximum Gasteiger partial charge on any atom is 0.230 e. The van der Waals surface area contributed by atoms with Gasteiger partial charge in [-0.25, -0.2) is 0 Å². The van der Waals surface area contributed by atoms with Gasteiger partial charge in [-0.2, -0.15) is 0 Å². The maximum atomic E-state index is 12.4. The van der Waals surface area contributed by atoms with Crippen molar-refractivity contribution in [2.75, 3.05) is 29.0 Å². The second kappa shape index (κ2) is 7.03. The SMILES string of the molecule is CCC(C)(C)C(=O)Nc1cc(N2CCCCCC2)ccc1N. The summed E-state index contributed by atoms with van der Waals surface area (Å²) >= 11 is 0. The van der Waals surface area contributed by atoms with Crippen LogP contribution in [0.1, 0.15) is 52.9 Å². The van der Waals surface area contributed by atoms with Crippen molar-refractivity contribution >= 4 is 23.0 Å². The smallest absolute Gasteiger partial charge is 0.230 e. The summed E-state index contributed by atoms with van der Waals surface area (Å²) in [5.74, 6) is 0.0229. The molecule has 22 heavy (non-hydrogen) atoms. The van der Waals surface area contributed by atoms with Gasteiger partial charge in [0.05, 0.1) is 11.4 Å².